The molecule has 1 heterocycles. The van der Waals surface area contributed by atoms with Crippen LogP contribution in [0.5, 0.6) is 11.5 Å². The average molecular weight is 416 g/mol. The maximum Gasteiger partial charge on any atom is 0.326 e. The molecule has 0 bridgehead atoms. The minimum Gasteiger partial charge on any atom is -0.490 e. The number of rotatable bonds is 10. The van der Waals surface area contributed by atoms with Crippen LogP contribution >= 0.6 is 0 Å². The third kappa shape index (κ3) is 6.73. The molecule has 30 heavy (non-hydrogen) atoms. The number of carbonyl (C=O) groups is 3. The second-order valence-electron chi connectivity index (χ2n) is 5.90. The lowest BCUT2D eigenvalue weighted by atomic mass is 10.2. The molecule has 0 aliphatic carbocycles. The third-order valence-corrected chi connectivity index (χ3v) is 3.68. The van der Waals surface area contributed by atoms with E-state index in [4.69, 9.17) is 14.2 Å². The molecule has 0 saturated heterocycles. The molecule has 2 rings (SSSR count). The van der Waals surface area contributed by atoms with Crippen molar-refractivity contribution in [3.8, 4) is 11.5 Å². The highest BCUT2D eigenvalue weighted by Gasteiger charge is 2.19. The first-order valence-corrected chi connectivity index (χ1v) is 9.39. The van der Waals surface area contributed by atoms with E-state index in [2.05, 4.69) is 20.6 Å². The van der Waals surface area contributed by atoms with Crippen molar-refractivity contribution in [2.24, 2.45) is 0 Å². The Kier molecular flexibility index (Phi) is 8.55. The van der Waals surface area contributed by atoms with Gasteiger partial charge in [0.15, 0.2) is 17.6 Å². The molecule has 2 aromatic rings. The summed E-state index contributed by atoms with van der Waals surface area (Å²) in [5.41, 5.74) is 0.293. The normalized spacial score (nSPS) is 11.2. The summed E-state index contributed by atoms with van der Waals surface area (Å²) in [6, 6.07) is 6.32. The Morgan fingerprint density at radius 1 is 1.03 bits per heavy atom. The van der Waals surface area contributed by atoms with Gasteiger partial charge in [-0.3, -0.25) is 19.7 Å². The number of hydrogen-bond acceptors (Lipinski definition) is 8. The van der Waals surface area contributed by atoms with E-state index in [9.17, 15) is 14.4 Å². The molecule has 0 fully saturated rings. The van der Waals surface area contributed by atoms with Crippen LogP contribution in [-0.4, -0.2) is 53.6 Å². The molecule has 0 radical (unpaired) electrons. The van der Waals surface area contributed by atoms with Crippen LogP contribution in [0.1, 0.15) is 31.1 Å². The molecule has 10 nitrogen and oxygen atoms in total. The number of nitrogens with zero attached hydrogens (tertiary/aromatic N) is 2. The lowest BCUT2D eigenvalue weighted by molar-refractivity contribution is -0.152. The van der Waals surface area contributed by atoms with Crippen LogP contribution in [0.3, 0.4) is 0 Å². The van der Waals surface area contributed by atoms with Gasteiger partial charge in [0.2, 0.25) is 5.95 Å². The Bertz CT molecular complexity index is 875. The number of anilines is 1. The van der Waals surface area contributed by atoms with Crippen molar-refractivity contribution >= 4 is 23.7 Å². The number of aromatic nitrogens is 2. The van der Waals surface area contributed by atoms with E-state index in [1.807, 2.05) is 13.8 Å². The molecule has 0 spiro atoms. The smallest absolute Gasteiger partial charge is 0.326 e. The molecule has 2 amide bonds. The number of amides is 2. The molecule has 0 saturated carbocycles. The highest BCUT2D eigenvalue weighted by molar-refractivity contribution is 5.97. The van der Waals surface area contributed by atoms with Crippen LogP contribution in [0.4, 0.5) is 5.95 Å². The topological polar surface area (TPSA) is 129 Å². The van der Waals surface area contributed by atoms with Gasteiger partial charge in [0.1, 0.15) is 6.54 Å². The van der Waals surface area contributed by atoms with Crippen LogP contribution in [-0.2, 0) is 14.3 Å². The summed E-state index contributed by atoms with van der Waals surface area (Å²) in [6.45, 7) is 5.52. The molecule has 1 atom stereocenters. The minimum absolute atomic E-state index is 0.0966. The lowest BCUT2D eigenvalue weighted by Crippen LogP contribution is -2.36. The SMILES string of the molecule is CCOc1ccc(C(=O)NCC(=O)OC(C)C(=O)Nc2ncccn2)cc1OCC. The predicted molar refractivity (Wildman–Crippen MR) is 107 cm³/mol. The van der Waals surface area contributed by atoms with E-state index < -0.39 is 30.4 Å². The van der Waals surface area contributed by atoms with Gasteiger partial charge < -0.3 is 19.5 Å². The predicted octanol–water partition coefficient (Wildman–Crippen LogP) is 1.57. The summed E-state index contributed by atoms with van der Waals surface area (Å²) >= 11 is 0. The molecular formula is C20H24N4O6. The van der Waals surface area contributed by atoms with Crippen LogP contribution in [0.2, 0.25) is 0 Å². The summed E-state index contributed by atoms with van der Waals surface area (Å²) in [6.07, 6.45) is 1.84. The molecule has 0 aliphatic heterocycles. The molecule has 1 aromatic carbocycles. The number of nitrogens with one attached hydrogen (secondary N) is 2. The fourth-order valence-corrected chi connectivity index (χ4v) is 2.31. The maximum absolute atomic E-state index is 12.3. The zero-order valence-electron chi connectivity index (χ0n) is 17.0. The second-order valence-corrected chi connectivity index (χ2v) is 5.90. The molecule has 10 heteroatoms. The van der Waals surface area contributed by atoms with E-state index >= 15 is 0 Å². The molecule has 1 aromatic heterocycles. The van der Waals surface area contributed by atoms with Crippen molar-refractivity contribution in [3.05, 3.63) is 42.2 Å². The van der Waals surface area contributed by atoms with Gasteiger partial charge in [-0.1, -0.05) is 0 Å². The van der Waals surface area contributed by atoms with Gasteiger partial charge in [0, 0.05) is 18.0 Å². The second kappa shape index (κ2) is 11.3. The van der Waals surface area contributed by atoms with Gasteiger partial charge in [-0.15, -0.1) is 0 Å². The molecule has 160 valence electrons. The van der Waals surface area contributed by atoms with Gasteiger partial charge in [-0.2, -0.15) is 0 Å². The van der Waals surface area contributed by atoms with E-state index in [1.54, 1.807) is 18.2 Å². The molecule has 0 aliphatic rings. The first-order valence-electron chi connectivity index (χ1n) is 9.39. The van der Waals surface area contributed by atoms with Crippen LogP contribution in [0.15, 0.2) is 36.7 Å². The fourth-order valence-electron chi connectivity index (χ4n) is 2.31. The molecule has 2 N–H and O–H groups in total. The van der Waals surface area contributed by atoms with E-state index in [0.29, 0.717) is 30.3 Å². The van der Waals surface area contributed by atoms with Crippen LogP contribution < -0.4 is 20.1 Å². The molecule has 1 unspecified atom stereocenters. The van der Waals surface area contributed by atoms with E-state index in [0.717, 1.165) is 0 Å². The number of carbonyl (C=O) groups excluding carboxylic acids is 3. The van der Waals surface area contributed by atoms with E-state index in [1.165, 1.54) is 25.4 Å². The van der Waals surface area contributed by atoms with Gasteiger partial charge in [-0.25, -0.2) is 9.97 Å². The largest absolute Gasteiger partial charge is 0.490 e. The third-order valence-electron chi connectivity index (χ3n) is 3.68. The Labute approximate surface area is 174 Å². The van der Waals surface area contributed by atoms with E-state index in [-0.39, 0.29) is 5.95 Å². The Morgan fingerprint density at radius 2 is 1.70 bits per heavy atom. The zero-order chi connectivity index (χ0) is 21.9. The van der Waals surface area contributed by atoms with Gasteiger partial charge in [-0.05, 0) is 45.0 Å². The number of benzene rings is 1. The van der Waals surface area contributed by atoms with Gasteiger partial charge in [0.05, 0.1) is 13.2 Å². The maximum atomic E-state index is 12.3. The monoisotopic (exact) mass is 416 g/mol. The van der Waals surface area contributed by atoms with Gasteiger partial charge in [0.25, 0.3) is 11.8 Å². The molecular weight excluding hydrogens is 392 g/mol. The number of hydrogen-bond donors (Lipinski definition) is 2. The highest BCUT2D eigenvalue weighted by atomic mass is 16.5. The van der Waals surface area contributed by atoms with Crippen LogP contribution in [0, 0.1) is 0 Å². The minimum atomic E-state index is -1.09. The van der Waals surface area contributed by atoms with Crippen molar-refractivity contribution in [3.63, 3.8) is 0 Å². The van der Waals surface area contributed by atoms with Crippen molar-refractivity contribution in [1.29, 1.82) is 0 Å². The summed E-state index contributed by atoms with van der Waals surface area (Å²) in [5, 5.41) is 4.87. The quantitative estimate of drug-likeness (QED) is 0.559. The number of esters is 1. The Balaban J connectivity index is 1.87. The van der Waals surface area contributed by atoms with Crippen molar-refractivity contribution in [2.75, 3.05) is 25.1 Å². The lowest BCUT2D eigenvalue weighted by Gasteiger charge is -2.14. The Morgan fingerprint density at radius 3 is 2.37 bits per heavy atom. The van der Waals surface area contributed by atoms with Crippen molar-refractivity contribution in [2.45, 2.75) is 26.9 Å². The first kappa shape index (κ1) is 22.6. The summed E-state index contributed by atoms with van der Waals surface area (Å²) in [5.74, 6) is -0.796. The zero-order valence-corrected chi connectivity index (χ0v) is 17.0. The van der Waals surface area contributed by atoms with Gasteiger partial charge >= 0.3 is 5.97 Å². The summed E-state index contributed by atoms with van der Waals surface area (Å²) in [7, 11) is 0. The standard InChI is InChI=1S/C20H24N4O6/c1-4-28-15-8-7-14(11-16(15)29-5-2)19(27)23-12-17(25)30-13(3)18(26)24-20-21-9-6-10-22-20/h6-11,13H,4-5,12H2,1-3H3,(H,23,27)(H,21,22,24,26). The summed E-state index contributed by atoms with van der Waals surface area (Å²) in [4.78, 5) is 44.0. The van der Waals surface area contributed by atoms with Crippen molar-refractivity contribution in [1.82, 2.24) is 15.3 Å². The number of ether oxygens (including phenoxy) is 3. The van der Waals surface area contributed by atoms with Crippen molar-refractivity contribution < 1.29 is 28.6 Å². The first-order chi connectivity index (χ1) is 14.4. The van der Waals surface area contributed by atoms with Crippen LogP contribution in [0.25, 0.3) is 0 Å². The fraction of sp³-hybridized carbons (Fsp3) is 0.350. The summed E-state index contributed by atoms with van der Waals surface area (Å²) < 4.78 is 16.0. The Hall–Kier alpha value is -3.69. The highest BCUT2D eigenvalue weighted by Crippen LogP contribution is 2.28. The average Bonchev–Trinajstić information content (AvgIpc) is 2.74.